The highest BCUT2D eigenvalue weighted by atomic mass is 19.4. The number of halogens is 3. The Labute approximate surface area is 195 Å². The molecule has 12 heteroatoms. The van der Waals surface area contributed by atoms with E-state index in [0.29, 0.717) is 28.4 Å². The lowest BCUT2D eigenvalue weighted by atomic mass is 10.2. The quantitative estimate of drug-likeness (QED) is 0.387. The number of carbonyl (C=O) groups is 2. The fraction of sp³-hybridized carbons (Fsp3) is 0.0435. The van der Waals surface area contributed by atoms with E-state index in [1.54, 1.807) is 24.3 Å². The van der Waals surface area contributed by atoms with Crippen LogP contribution in [0.2, 0.25) is 0 Å². The van der Waals surface area contributed by atoms with Gasteiger partial charge in [-0.05, 0) is 42.5 Å². The molecular weight excluding hydrogens is 465 g/mol. The molecule has 2 N–H and O–H groups in total. The van der Waals surface area contributed by atoms with Crippen LogP contribution in [0.5, 0.6) is 11.6 Å². The number of benzene rings is 1. The molecule has 0 spiro atoms. The number of hydrogen-bond acceptors (Lipinski definition) is 7. The van der Waals surface area contributed by atoms with Crippen molar-refractivity contribution in [1.82, 2.24) is 19.9 Å². The molecule has 1 aromatic carbocycles. The van der Waals surface area contributed by atoms with Gasteiger partial charge in [-0.3, -0.25) is 19.9 Å². The second-order valence-electron chi connectivity index (χ2n) is 6.94. The number of alkyl halides is 3. The van der Waals surface area contributed by atoms with Crippen LogP contribution in [0.3, 0.4) is 0 Å². The smallest absolute Gasteiger partial charge is 0.433 e. The zero-order valence-electron chi connectivity index (χ0n) is 17.7. The Bertz CT molecular complexity index is 1420. The van der Waals surface area contributed by atoms with E-state index in [1.165, 1.54) is 24.5 Å². The predicted molar refractivity (Wildman–Crippen MR) is 120 cm³/mol. The summed E-state index contributed by atoms with van der Waals surface area (Å²) >= 11 is 0. The van der Waals surface area contributed by atoms with Crippen LogP contribution in [0.15, 0.2) is 73.7 Å². The average molecular weight is 480 g/mol. The minimum Gasteiger partial charge on any atom is -0.438 e. The Morgan fingerprint density at radius 2 is 1.77 bits per heavy atom. The Kier molecular flexibility index (Phi) is 6.36. The van der Waals surface area contributed by atoms with Gasteiger partial charge in [-0.2, -0.15) is 13.2 Å². The normalized spacial score (nSPS) is 11.1. The van der Waals surface area contributed by atoms with Crippen LogP contribution in [0.1, 0.15) is 16.1 Å². The van der Waals surface area contributed by atoms with Crippen molar-refractivity contribution < 1.29 is 27.5 Å². The van der Waals surface area contributed by atoms with E-state index in [1.807, 2.05) is 0 Å². The summed E-state index contributed by atoms with van der Waals surface area (Å²) in [6.07, 6.45) is 0.103. The monoisotopic (exact) mass is 480 g/mol. The topological polar surface area (TPSA) is 119 Å². The van der Waals surface area contributed by atoms with E-state index >= 15 is 0 Å². The summed E-state index contributed by atoms with van der Waals surface area (Å²) in [6.45, 7) is 3.41. The molecule has 3 heterocycles. The summed E-state index contributed by atoms with van der Waals surface area (Å²) in [4.78, 5) is 39.2. The fourth-order valence-corrected chi connectivity index (χ4v) is 2.92. The predicted octanol–water partition coefficient (Wildman–Crippen LogP) is 4.61. The first-order valence-corrected chi connectivity index (χ1v) is 9.90. The molecule has 0 bridgehead atoms. The number of pyridine rings is 2. The second kappa shape index (κ2) is 9.55. The van der Waals surface area contributed by atoms with Crippen LogP contribution in [-0.2, 0) is 11.0 Å². The minimum atomic E-state index is -4.67. The third-order valence-electron chi connectivity index (χ3n) is 4.54. The van der Waals surface area contributed by atoms with Gasteiger partial charge in [0.05, 0.1) is 11.1 Å². The first-order chi connectivity index (χ1) is 16.7. The van der Waals surface area contributed by atoms with E-state index in [-0.39, 0.29) is 17.4 Å². The highest BCUT2D eigenvalue weighted by Crippen LogP contribution is 2.30. The van der Waals surface area contributed by atoms with Crippen LogP contribution in [-0.4, -0.2) is 31.8 Å². The van der Waals surface area contributed by atoms with Crippen LogP contribution in [0.4, 0.5) is 24.8 Å². The number of amides is 2. The Hall–Kier alpha value is -4.87. The SMILES string of the molecule is C=CC(=O)Nc1ccc2nccc(Oc3ccc(C(=O)Nc4nccc(C(F)(F)F)n4)cn3)c2c1. The molecule has 0 aliphatic carbocycles. The summed E-state index contributed by atoms with van der Waals surface area (Å²) in [5.41, 5.74) is -0.0120. The van der Waals surface area contributed by atoms with Gasteiger partial charge in [-0.25, -0.2) is 15.0 Å². The summed E-state index contributed by atoms with van der Waals surface area (Å²) < 4.78 is 44.2. The molecule has 0 aliphatic rings. The standard InChI is InChI=1S/C23H15F3N6O3/c1-2-19(33)30-14-4-5-16-15(11-14)17(7-9-27-16)35-20-6-3-13(12-29-20)21(34)32-22-28-10-8-18(31-22)23(24,25)26/h2-12H,1H2,(H,30,33)(H,28,31,32,34). The van der Waals surface area contributed by atoms with E-state index < -0.39 is 23.7 Å². The Morgan fingerprint density at radius 1 is 0.971 bits per heavy atom. The van der Waals surface area contributed by atoms with E-state index in [9.17, 15) is 22.8 Å². The Balaban J connectivity index is 1.50. The molecule has 0 atom stereocenters. The molecule has 9 nitrogen and oxygen atoms in total. The van der Waals surface area contributed by atoms with Crippen LogP contribution >= 0.6 is 0 Å². The number of nitrogens with zero attached hydrogens (tertiary/aromatic N) is 4. The van der Waals surface area contributed by atoms with Gasteiger partial charge in [0, 0.05) is 35.7 Å². The maximum Gasteiger partial charge on any atom is 0.433 e. The van der Waals surface area contributed by atoms with Crippen molar-refractivity contribution in [2.45, 2.75) is 6.18 Å². The fourth-order valence-electron chi connectivity index (χ4n) is 2.92. The number of rotatable bonds is 6. The zero-order valence-corrected chi connectivity index (χ0v) is 17.7. The molecule has 2 amide bonds. The molecule has 3 aromatic heterocycles. The number of hydrogen-bond donors (Lipinski definition) is 2. The number of carbonyl (C=O) groups excluding carboxylic acids is 2. The molecule has 4 rings (SSSR count). The maximum absolute atomic E-state index is 12.8. The number of fused-ring (bicyclic) bond motifs is 1. The molecular formula is C23H15F3N6O3. The summed E-state index contributed by atoms with van der Waals surface area (Å²) in [7, 11) is 0. The van der Waals surface area contributed by atoms with Crippen molar-refractivity contribution in [3.8, 4) is 11.6 Å². The van der Waals surface area contributed by atoms with Crippen molar-refractivity contribution in [1.29, 1.82) is 0 Å². The van der Waals surface area contributed by atoms with Crippen molar-refractivity contribution in [2.24, 2.45) is 0 Å². The molecule has 0 unspecified atom stereocenters. The van der Waals surface area contributed by atoms with Gasteiger partial charge < -0.3 is 10.1 Å². The van der Waals surface area contributed by atoms with Gasteiger partial charge in [0.15, 0.2) is 0 Å². The van der Waals surface area contributed by atoms with Gasteiger partial charge in [-0.1, -0.05) is 6.58 Å². The first kappa shape index (κ1) is 23.3. The maximum atomic E-state index is 12.8. The van der Waals surface area contributed by atoms with E-state index in [4.69, 9.17) is 4.74 Å². The minimum absolute atomic E-state index is 0.0485. The lowest BCUT2D eigenvalue weighted by molar-refractivity contribution is -0.141. The highest BCUT2D eigenvalue weighted by molar-refractivity contribution is 6.03. The van der Waals surface area contributed by atoms with Crippen LogP contribution in [0, 0.1) is 0 Å². The van der Waals surface area contributed by atoms with Crippen molar-refractivity contribution >= 4 is 34.4 Å². The second-order valence-corrected chi connectivity index (χ2v) is 6.94. The molecule has 0 fully saturated rings. The highest BCUT2D eigenvalue weighted by Gasteiger charge is 2.33. The van der Waals surface area contributed by atoms with Crippen molar-refractivity contribution in [2.75, 3.05) is 10.6 Å². The molecule has 0 aliphatic heterocycles. The van der Waals surface area contributed by atoms with Crippen LogP contribution in [0.25, 0.3) is 10.9 Å². The summed E-state index contributed by atoms with van der Waals surface area (Å²) in [5.74, 6) is -1.08. The summed E-state index contributed by atoms with van der Waals surface area (Å²) in [5, 5.41) is 5.45. The lowest BCUT2D eigenvalue weighted by Crippen LogP contribution is -2.17. The molecule has 4 aromatic rings. The molecule has 176 valence electrons. The largest absolute Gasteiger partial charge is 0.438 e. The Morgan fingerprint density at radius 3 is 2.49 bits per heavy atom. The van der Waals surface area contributed by atoms with Crippen molar-refractivity contribution in [3.63, 3.8) is 0 Å². The van der Waals surface area contributed by atoms with Gasteiger partial charge in [0.1, 0.15) is 11.4 Å². The number of aromatic nitrogens is 4. The molecule has 0 saturated heterocycles. The molecule has 0 saturated carbocycles. The first-order valence-electron chi connectivity index (χ1n) is 9.90. The van der Waals surface area contributed by atoms with Gasteiger partial charge in [-0.15, -0.1) is 0 Å². The van der Waals surface area contributed by atoms with Gasteiger partial charge >= 0.3 is 6.18 Å². The average Bonchev–Trinajstić information content (AvgIpc) is 2.84. The van der Waals surface area contributed by atoms with Gasteiger partial charge in [0.2, 0.25) is 17.7 Å². The molecule has 35 heavy (non-hydrogen) atoms. The molecule has 0 radical (unpaired) electrons. The third-order valence-corrected chi connectivity index (χ3v) is 4.54. The van der Waals surface area contributed by atoms with E-state index in [0.717, 1.165) is 12.3 Å². The number of anilines is 2. The third kappa shape index (κ3) is 5.55. The van der Waals surface area contributed by atoms with Gasteiger partial charge in [0.25, 0.3) is 5.91 Å². The van der Waals surface area contributed by atoms with Crippen molar-refractivity contribution in [3.05, 3.63) is 85.0 Å². The summed E-state index contributed by atoms with van der Waals surface area (Å²) in [6, 6.07) is 10.2. The number of nitrogens with one attached hydrogen (secondary N) is 2. The van der Waals surface area contributed by atoms with Crippen LogP contribution < -0.4 is 15.4 Å². The number of ether oxygens (including phenoxy) is 1. The lowest BCUT2D eigenvalue weighted by Gasteiger charge is -2.10. The van der Waals surface area contributed by atoms with E-state index in [2.05, 4.69) is 37.1 Å². The zero-order chi connectivity index (χ0) is 25.0.